The van der Waals surface area contributed by atoms with Gasteiger partial charge in [-0.3, -0.25) is 0 Å². The molecule has 0 amide bonds. The highest BCUT2D eigenvalue weighted by Crippen LogP contribution is 2.14. The van der Waals surface area contributed by atoms with E-state index in [4.69, 9.17) is 20.1 Å². The summed E-state index contributed by atoms with van der Waals surface area (Å²) in [6.07, 6.45) is 7.43. The normalized spacial score (nSPS) is 9.88. The van der Waals surface area contributed by atoms with Gasteiger partial charge in [0, 0.05) is 0 Å². The van der Waals surface area contributed by atoms with Crippen LogP contribution in [0, 0.1) is 0 Å². The highest BCUT2D eigenvalue weighted by Gasteiger charge is 2.01. The molecule has 5 nitrogen and oxygen atoms in total. The monoisotopic (exact) mass is 360 g/mol. The van der Waals surface area contributed by atoms with Gasteiger partial charge in [-0.15, -0.1) is 0 Å². The predicted octanol–water partition coefficient (Wildman–Crippen LogP) is 5.22. The van der Waals surface area contributed by atoms with E-state index < -0.39 is 5.97 Å². The zero-order valence-electron chi connectivity index (χ0n) is 15.2. The van der Waals surface area contributed by atoms with Crippen molar-refractivity contribution in [3.05, 3.63) is 54.1 Å². The zero-order chi connectivity index (χ0) is 19.2. The minimum Gasteiger partial charge on any atom is -0.508 e. The molecule has 0 aliphatic heterocycles. The molecule has 0 saturated carbocycles. The Morgan fingerprint density at radius 1 is 0.808 bits per heavy atom. The molecule has 0 atom stereocenters. The molecule has 0 aromatic heterocycles. The molecule has 0 spiro atoms. The van der Waals surface area contributed by atoms with E-state index in [2.05, 4.69) is 6.92 Å². The minimum atomic E-state index is -0.905. The summed E-state index contributed by atoms with van der Waals surface area (Å²) in [5.41, 5.74) is 0.293. The lowest BCUT2D eigenvalue weighted by molar-refractivity contribution is 0.0697. The number of hydrogen-bond donors (Lipinski definition) is 3. The Bertz CT molecular complexity index is 599. The maximum Gasteiger partial charge on any atom is 0.335 e. The van der Waals surface area contributed by atoms with E-state index in [1.165, 1.54) is 56.4 Å². The van der Waals surface area contributed by atoms with Crippen LogP contribution in [0.3, 0.4) is 0 Å². The Balaban J connectivity index is 0.000000350. The SMILES string of the molecule is CCCCCCCCOc1ccc(C(=O)O)cc1.Oc1ccc(O)cc1. The first-order valence-corrected chi connectivity index (χ1v) is 8.97. The van der Waals surface area contributed by atoms with E-state index >= 15 is 0 Å². The van der Waals surface area contributed by atoms with Crippen LogP contribution in [0.1, 0.15) is 55.8 Å². The van der Waals surface area contributed by atoms with Crippen molar-refractivity contribution in [3.8, 4) is 17.2 Å². The molecule has 0 unspecified atom stereocenters. The van der Waals surface area contributed by atoms with Gasteiger partial charge in [0.25, 0.3) is 0 Å². The fourth-order valence-corrected chi connectivity index (χ4v) is 2.22. The smallest absolute Gasteiger partial charge is 0.335 e. The van der Waals surface area contributed by atoms with Crippen LogP contribution in [0.2, 0.25) is 0 Å². The molecule has 0 aliphatic carbocycles. The fourth-order valence-electron chi connectivity index (χ4n) is 2.22. The largest absolute Gasteiger partial charge is 0.508 e. The Labute approximate surface area is 154 Å². The summed E-state index contributed by atoms with van der Waals surface area (Å²) in [5.74, 6) is 0.177. The lowest BCUT2D eigenvalue weighted by Gasteiger charge is -2.06. The van der Waals surface area contributed by atoms with Crippen molar-refractivity contribution in [1.29, 1.82) is 0 Å². The summed E-state index contributed by atoms with van der Waals surface area (Å²) in [7, 11) is 0. The summed E-state index contributed by atoms with van der Waals surface area (Å²) in [6, 6.07) is 12.3. The van der Waals surface area contributed by atoms with Gasteiger partial charge in [-0.05, 0) is 55.0 Å². The maximum absolute atomic E-state index is 10.7. The van der Waals surface area contributed by atoms with Crippen LogP contribution in [0.25, 0.3) is 0 Å². The number of carboxylic acids is 1. The average Bonchev–Trinajstić information content (AvgIpc) is 2.64. The van der Waals surface area contributed by atoms with Crippen LogP contribution in [0.5, 0.6) is 17.2 Å². The van der Waals surface area contributed by atoms with Gasteiger partial charge in [-0.25, -0.2) is 4.79 Å². The maximum atomic E-state index is 10.7. The molecule has 0 bridgehead atoms. The summed E-state index contributed by atoms with van der Waals surface area (Å²) < 4.78 is 5.55. The molecule has 0 saturated heterocycles. The van der Waals surface area contributed by atoms with Gasteiger partial charge in [-0.2, -0.15) is 0 Å². The van der Waals surface area contributed by atoms with Crippen LogP contribution in [-0.4, -0.2) is 27.9 Å². The van der Waals surface area contributed by atoms with Gasteiger partial charge < -0.3 is 20.1 Å². The van der Waals surface area contributed by atoms with Crippen molar-refractivity contribution < 1.29 is 24.9 Å². The van der Waals surface area contributed by atoms with E-state index in [1.807, 2.05) is 0 Å². The number of benzene rings is 2. The Hall–Kier alpha value is -2.69. The molecule has 0 fully saturated rings. The number of aromatic carboxylic acids is 1. The third kappa shape index (κ3) is 9.57. The number of carboxylic acid groups (broad SMARTS) is 1. The molecule has 26 heavy (non-hydrogen) atoms. The van der Waals surface area contributed by atoms with Crippen molar-refractivity contribution in [3.63, 3.8) is 0 Å². The van der Waals surface area contributed by atoms with Gasteiger partial charge in [0.1, 0.15) is 17.2 Å². The fraction of sp³-hybridized carbons (Fsp3) is 0.381. The summed E-state index contributed by atoms with van der Waals surface area (Å²) in [5, 5.41) is 26.0. The highest BCUT2D eigenvalue weighted by atomic mass is 16.5. The molecular formula is C21H28O5. The lowest BCUT2D eigenvalue weighted by atomic mass is 10.1. The minimum absolute atomic E-state index is 0.169. The van der Waals surface area contributed by atoms with Gasteiger partial charge in [0.2, 0.25) is 0 Å². The quantitative estimate of drug-likeness (QED) is 0.421. The van der Waals surface area contributed by atoms with Crippen LogP contribution in [0.4, 0.5) is 0 Å². The second-order valence-electron chi connectivity index (χ2n) is 5.96. The second kappa shape index (κ2) is 12.6. The van der Waals surface area contributed by atoms with Gasteiger partial charge in [-0.1, -0.05) is 39.0 Å². The Kier molecular flexibility index (Phi) is 10.4. The van der Waals surface area contributed by atoms with Crippen LogP contribution >= 0.6 is 0 Å². The van der Waals surface area contributed by atoms with E-state index in [0.717, 1.165) is 12.2 Å². The number of aromatic hydroxyl groups is 2. The molecule has 2 rings (SSSR count). The molecule has 0 radical (unpaired) electrons. The van der Waals surface area contributed by atoms with E-state index in [-0.39, 0.29) is 11.5 Å². The summed E-state index contributed by atoms with van der Waals surface area (Å²) in [6.45, 7) is 2.92. The van der Waals surface area contributed by atoms with Crippen LogP contribution in [-0.2, 0) is 0 Å². The summed E-state index contributed by atoms with van der Waals surface area (Å²) in [4.78, 5) is 10.7. The lowest BCUT2D eigenvalue weighted by Crippen LogP contribution is -1.99. The number of hydrogen-bond acceptors (Lipinski definition) is 4. The zero-order valence-corrected chi connectivity index (χ0v) is 15.2. The standard InChI is InChI=1S/C15H22O3.C6H6O2/c1-2-3-4-5-6-7-12-18-14-10-8-13(9-11-14)15(16)17;7-5-1-2-6(8)4-3-5/h8-11H,2-7,12H2,1H3,(H,16,17);1-4,7-8H. The van der Waals surface area contributed by atoms with Crippen LogP contribution < -0.4 is 4.74 Å². The average molecular weight is 360 g/mol. The van der Waals surface area contributed by atoms with Crippen molar-refractivity contribution in [1.82, 2.24) is 0 Å². The van der Waals surface area contributed by atoms with E-state index in [1.54, 1.807) is 24.3 Å². The van der Waals surface area contributed by atoms with Gasteiger partial charge >= 0.3 is 5.97 Å². The number of phenols is 2. The molecule has 5 heteroatoms. The van der Waals surface area contributed by atoms with Crippen molar-refractivity contribution in [2.45, 2.75) is 45.4 Å². The molecular weight excluding hydrogens is 332 g/mol. The third-order valence-corrected chi connectivity index (χ3v) is 3.72. The second-order valence-corrected chi connectivity index (χ2v) is 5.96. The van der Waals surface area contributed by atoms with E-state index in [0.29, 0.717) is 12.2 Å². The number of unbranched alkanes of at least 4 members (excludes halogenated alkanes) is 5. The molecule has 3 N–H and O–H groups in total. The number of carbonyl (C=O) groups is 1. The molecule has 0 aliphatic rings. The van der Waals surface area contributed by atoms with Crippen molar-refractivity contribution >= 4 is 5.97 Å². The summed E-state index contributed by atoms with van der Waals surface area (Å²) >= 11 is 0. The van der Waals surface area contributed by atoms with Crippen LogP contribution in [0.15, 0.2) is 48.5 Å². The predicted molar refractivity (Wildman–Crippen MR) is 102 cm³/mol. The van der Waals surface area contributed by atoms with Gasteiger partial charge in [0.15, 0.2) is 0 Å². The first-order valence-electron chi connectivity index (χ1n) is 8.97. The Morgan fingerprint density at radius 2 is 1.31 bits per heavy atom. The molecule has 2 aromatic rings. The highest BCUT2D eigenvalue weighted by molar-refractivity contribution is 5.87. The first kappa shape index (κ1) is 21.4. The molecule has 142 valence electrons. The topological polar surface area (TPSA) is 87.0 Å². The van der Waals surface area contributed by atoms with Crippen molar-refractivity contribution in [2.75, 3.05) is 6.61 Å². The number of rotatable bonds is 9. The van der Waals surface area contributed by atoms with Gasteiger partial charge in [0.05, 0.1) is 12.2 Å². The number of ether oxygens (including phenoxy) is 1. The molecule has 2 aromatic carbocycles. The first-order chi connectivity index (χ1) is 12.5. The molecule has 0 heterocycles. The van der Waals surface area contributed by atoms with Crippen molar-refractivity contribution in [2.24, 2.45) is 0 Å². The van der Waals surface area contributed by atoms with E-state index in [9.17, 15) is 4.79 Å². The third-order valence-electron chi connectivity index (χ3n) is 3.72. The number of phenolic OH excluding ortho intramolecular Hbond substituents is 2. The Morgan fingerprint density at radius 3 is 1.81 bits per heavy atom.